The second kappa shape index (κ2) is 6.46. The number of amides is 1. The molecule has 4 heterocycles. The number of carbonyl (C=O) groups is 1. The van der Waals surface area contributed by atoms with Crippen LogP contribution in [0.15, 0.2) is 10.6 Å². The number of ether oxygens (including phenoxy) is 1. The van der Waals surface area contributed by atoms with Crippen molar-refractivity contribution in [3.63, 3.8) is 0 Å². The van der Waals surface area contributed by atoms with Gasteiger partial charge < -0.3 is 19.1 Å². The van der Waals surface area contributed by atoms with Crippen LogP contribution in [0.5, 0.6) is 0 Å². The Hall–Kier alpha value is -1.44. The molecule has 1 aromatic heterocycles. The number of aryl methyl sites for hydroxylation is 1. The summed E-state index contributed by atoms with van der Waals surface area (Å²) in [5, 5.41) is 3.92. The van der Waals surface area contributed by atoms with Crippen molar-refractivity contribution < 1.29 is 14.1 Å². The molecule has 1 amide bonds. The monoisotopic (exact) mass is 334 g/mol. The average molecular weight is 334 g/mol. The van der Waals surface area contributed by atoms with Gasteiger partial charge in [0.2, 0.25) is 0 Å². The molecule has 0 bridgehead atoms. The van der Waals surface area contributed by atoms with Crippen molar-refractivity contribution in [3.05, 3.63) is 17.5 Å². The Morgan fingerprint density at radius 3 is 2.75 bits per heavy atom. The summed E-state index contributed by atoms with van der Waals surface area (Å²) in [5.74, 6) is 0.647. The van der Waals surface area contributed by atoms with Gasteiger partial charge >= 0.3 is 0 Å². The van der Waals surface area contributed by atoms with Gasteiger partial charge in [-0.15, -0.1) is 0 Å². The standard InChI is InChI=1S/C17H26N4O3/c1-12-10-13(18-24-12)17(22)21-11-15(16-14(21)4-3-9-23-16)20-7-5-19(2)6-8-20/h10,14-16H,3-9,11H2,1-2H3/t14-,15-,16+/m1/s1. The number of nitrogens with zero attached hydrogens (tertiary/aromatic N) is 4. The van der Waals surface area contributed by atoms with E-state index in [1.165, 1.54) is 0 Å². The van der Waals surface area contributed by atoms with Gasteiger partial charge in [0.05, 0.1) is 18.2 Å². The fourth-order valence-corrected chi connectivity index (χ4v) is 4.25. The zero-order chi connectivity index (χ0) is 16.7. The van der Waals surface area contributed by atoms with E-state index in [-0.39, 0.29) is 18.1 Å². The highest BCUT2D eigenvalue weighted by Crippen LogP contribution is 2.33. The lowest BCUT2D eigenvalue weighted by molar-refractivity contribution is -0.0443. The third-order valence-electron chi connectivity index (χ3n) is 5.61. The quantitative estimate of drug-likeness (QED) is 0.789. The highest BCUT2D eigenvalue weighted by molar-refractivity contribution is 5.92. The van der Waals surface area contributed by atoms with E-state index >= 15 is 0 Å². The molecule has 3 aliphatic heterocycles. The van der Waals surface area contributed by atoms with Crippen LogP contribution in [-0.4, -0.2) is 90.3 Å². The van der Waals surface area contributed by atoms with E-state index in [4.69, 9.17) is 9.26 Å². The summed E-state index contributed by atoms with van der Waals surface area (Å²) in [6.45, 7) is 7.57. The molecule has 3 atom stereocenters. The normalized spacial score (nSPS) is 32.1. The van der Waals surface area contributed by atoms with Gasteiger partial charge in [-0.3, -0.25) is 9.69 Å². The number of aromatic nitrogens is 1. The molecule has 0 aromatic carbocycles. The van der Waals surface area contributed by atoms with Crippen LogP contribution in [-0.2, 0) is 4.74 Å². The molecule has 3 fully saturated rings. The summed E-state index contributed by atoms with van der Waals surface area (Å²) >= 11 is 0. The maximum atomic E-state index is 12.9. The molecule has 0 saturated carbocycles. The molecule has 3 saturated heterocycles. The SMILES string of the molecule is Cc1cc(C(=O)N2C[C@@H](N3CCN(C)CC3)[C@H]3OCCC[C@H]32)no1. The molecule has 24 heavy (non-hydrogen) atoms. The lowest BCUT2D eigenvalue weighted by atomic mass is 9.99. The van der Waals surface area contributed by atoms with Gasteiger partial charge in [-0.25, -0.2) is 0 Å². The van der Waals surface area contributed by atoms with E-state index in [0.29, 0.717) is 17.5 Å². The van der Waals surface area contributed by atoms with Crippen LogP contribution >= 0.6 is 0 Å². The van der Waals surface area contributed by atoms with Crippen LogP contribution in [0, 0.1) is 6.92 Å². The predicted molar refractivity (Wildman–Crippen MR) is 87.9 cm³/mol. The third kappa shape index (κ3) is 2.85. The molecule has 4 rings (SSSR count). The van der Waals surface area contributed by atoms with Crippen LogP contribution < -0.4 is 0 Å². The molecule has 0 aliphatic carbocycles. The number of fused-ring (bicyclic) bond motifs is 1. The van der Waals surface area contributed by atoms with E-state index in [9.17, 15) is 4.79 Å². The molecule has 7 nitrogen and oxygen atoms in total. The van der Waals surface area contributed by atoms with Crippen LogP contribution in [0.2, 0.25) is 0 Å². The molecule has 1 aromatic rings. The van der Waals surface area contributed by atoms with Crippen LogP contribution in [0.1, 0.15) is 29.1 Å². The zero-order valence-electron chi connectivity index (χ0n) is 14.5. The Bertz CT molecular complexity index is 596. The number of piperazine rings is 1. The van der Waals surface area contributed by atoms with Crippen molar-refractivity contribution in [2.45, 2.75) is 38.0 Å². The molecular weight excluding hydrogens is 308 g/mol. The zero-order valence-corrected chi connectivity index (χ0v) is 14.5. The molecule has 0 radical (unpaired) electrons. The summed E-state index contributed by atoms with van der Waals surface area (Å²) in [5.41, 5.74) is 0.413. The summed E-state index contributed by atoms with van der Waals surface area (Å²) < 4.78 is 11.2. The highest BCUT2D eigenvalue weighted by Gasteiger charge is 2.48. The number of likely N-dealkylation sites (tertiary alicyclic amines) is 1. The first-order valence-corrected chi connectivity index (χ1v) is 8.92. The molecular formula is C17H26N4O3. The number of hydrogen-bond acceptors (Lipinski definition) is 6. The Morgan fingerprint density at radius 1 is 1.25 bits per heavy atom. The van der Waals surface area contributed by atoms with Gasteiger partial charge in [0, 0.05) is 45.4 Å². The first-order chi connectivity index (χ1) is 11.6. The third-order valence-corrected chi connectivity index (χ3v) is 5.61. The van der Waals surface area contributed by atoms with Gasteiger partial charge in [0.1, 0.15) is 5.76 Å². The van der Waals surface area contributed by atoms with Gasteiger partial charge in [-0.05, 0) is 26.8 Å². The van der Waals surface area contributed by atoms with Crippen LogP contribution in [0.3, 0.4) is 0 Å². The minimum absolute atomic E-state index is 0.0241. The Balaban J connectivity index is 1.54. The van der Waals surface area contributed by atoms with Crippen LogP contribution in [0.25, 0.3) is 0 Å². The Labute approximate surface area is 142 Å². The number of rotatable bonds is 2. The first-order valence-electron chi connectivity index (χ1n) is 8.92. The highest BCUT2D eigenvalue weighted by atomic mass is 16.5. The summed E-state index contributed by atoms with van der Waals surface area (Å²) in [7, 11) is 2.16. The van der Waals surface area contributed by atoms with E-state index in [1.807, 2.05) is 11.8 Å². The number of hydrogen-bond donors (Lipinski definition) is 0. The molecule has 7 heteroatoms. The largest absolute Gasteiger partial charge is 0.374 e. The second-order valence-corrected chi connectivity index (χ2v) is 7.23. The van der Waals surface area contributed by atoms with Gasteiger partial charge in [0.15, 0.2) is 5.69 Å². The molecule has 0 unspecified atom stereocenters. The maximum Gasteiger partial charge on any atom is 0.276 e. The molecule has 0 N–H and O–H groups in total. The topological polar surface area (TPSA) is 62.1 Å². The van der Waals surface area contributed by atoms with E-state index < -0.39 is 0 Å². The minimum Gasteiger partial charge on any atom is -0.374 e. The van der Waals surface area contributed by atoms with Gasteiger partial charge in [-0.2, -0.15) is 0 Å². The Morgan fingerprint density at radius 2 is 2.04 bits per heavy atom. The van der Waals surface area contributed by atoms with Gasteiger partial charge in [-0.1, -0.05) is 5.16 Å². The van der Waals surface area contributed by atoms with Crippen molar-refractivity contribution in [2.24, 2.45) is 0 Å². The summed E-state index contributed by atoms with van der Waals surface area (Å²) in [6, 6.07) is 2.18. The predicted octanol–water partition coefficient (Wildman–Crippen LogP) is 0.602. The van der Waals surface area contributed by atoms with E-state index in [2.05, 4.69) is 22.0 Å². The summed E-state index contributed by atoms with van der Waals surface area (Å²) in [4.78, 5) is 19.8. The van der Waals surface area contributed by atoms with Crippen molar-refractivity contribution in [2.75, 3.05) is 46.4 Å². The number of carbonyl (C=O) groups excluding carboxylic acids is 1. The molecule has 132 valence electrons. The lowest BCUT2D eigenvalue weighted by Gasteiger charge is -2.39. The minimum atomic E-state index is -0.0241. The fraction of sp³-hybridized carbons (Fsp3) is 0.765. The van der Waals surface area contributed by atoms with Crippen molar-refractivity contribution >= 4 is 5.91 Å². The molecule has 0 spiro atoms. The smallest absolute Gasteiger partial charge is 0.276 e. The summed E-state index contributed by atoms with van der Waals surface area (Å²) in [6.07, 6.45) is 2.15. The van der Waals surface area contributed by atoms with Crippen molar-refractivity contribution in [3.8, 4) is 0 Å². The Kier molecular flexibility index (Phi) is 4.32. The first kappa shape index (κ1) is 16.1. The fourth-order valence-electron chi connectivity index (χ4n) is 4.25. The van der Waals surface area contributed by atoms with E-state index in [1.54, 1.807) is 6.07 Å². The van der Waals surface area contributed by atoms with Crippen molar-refractivity contribution in [1.82, 2.24) is 19.9 Å². The average Bonchev–Trinajstić information content (AvgIpc) is 3.19. The van der Waals surface area contributed by atoms with E-state index in [0.717, 1.165) is 52.2 Å². The number of likely N-dealkylation sites (N-methyl/N-ethyl adjacent to an activating group) is 1. The second-order valence-electron chi connectivity index (χ2n) is 7.23. The maximum absolute atomic E-state index is 12.9. The lowest BCUT2D eigenvalue weighted by Crippen LogP contribution is -2.54. The van der Waals surface area contributed by atoms with Crippen molar-refractivity contribution in [1.29, 1.82) is 0 Å². The van der Waals surface area contributed by atoms with Gasteiger partial charge in [0.25, 0.3) is 5.91 Å². The molecule has 3 aliphatic rings. The van der Waals surface area contributed by atoms with Crippen LogP contribution in [0.4, 0.5) is 0 Å².